The van der Waals surface area contributed by atoms with Crippen LogP contribution in [0.15, 0.2) is 76.4 Å². The van der Waals surface area contributed by atoms with Crippen LogP contribution in [0.1, 0.15) is 58.9 Å². The zero-order valence-corrected chi connectivity index (χ0v) is 34.7. The summed E-state index contributed by atoms with van der Waals surface area (Å²) >= 11 is 6.26. The average molecular weight is 897 g/mol. The monoisotopic (exact) mass is 896 g/mol. The molecule has 0 bridgehead atoms. The third-order valence-corrected chi connectivity index (χ3v) is 12.8. The molecule has 1 aromatic heterocycles. The minimum absolute atomic E-state index is 0.0202. The summed E-state index contributed by atoms with van der Waals surface area (Å²) in [4.78, 5) is 51.4. The second-order valence-corrected chi connectivity index (χ2v) is 18.3. The van der Waals surface area contributed by atoms with Crippen LogP contribution >= 0.6 is 11.6 Å². The maximum absolute atomic E-state index is 14.0. The Morgan fingerprint density at radius 3 is 1.95 bits per heavy atom. The molecule has 19 nitrogen and oxygen atoms in total. The fourth-order valence-corrected chi connectivity index (χ4v) is 8.97. The number of hydrogen-bond donors (Lipinski definition) is 7. The number of anilines is 7. The number of carbonyl (C=O) groups excluding carboxylic acids is 3. The molecular formula is C37H33ClN8O11S3. The summed E-state index contributed by atoms with van der Waals surface area (Å²) in [7, 11) is -13.7. The molecular weight excluding hydrogens is 864 g/mol. The highest BCUT2D eigenvalue weighted by molar-refractivity contribution is 7.94. The van der Waals surface area contributed by atoms with Crippen molar-refractivity contribution in [3.05, 3.63) is 116 Å². The van der Waals surface area contributed by atoms with Crippen molar-refractivity contribution < 1.29 is 48.7 Å². The molecule has 312 valence electrons. The van der Waals surface area contributed by atoms with Gasteiger partial charge in [-0.25, -0.2) is 8.42 Å². The quantitative estimate of drug-likeness (QED) is 0.0603. The lowest BCUT2D eigenvalue weighted by atomic mass is 9.82. The maximum Gasteiger partial charge on any atom is 0.296 e. The third-order valence-electron chi connectivity index (χ3n) is 9.33. The average Bonchev–Trinajstić information content (AvgIpc) is 3.16. The molecule has 0 atom stereocenters. The van der Waals surface area contributed by atoms with E-state index in [-0.39, 0.29) is 85.5 Å². The highest BCUT2D eigenvalue weighted by atomic mass is 35.5. The highest BCUT2D eigenvalue weighted by Crippen LogP contribution is 2.44. The van der Waals surface area contributed by atoms with Gasteiger partial charge in [-0.2, -0.15) is 31.8 Å². The van der Waals surface area contributed by atoms with Crippen LogP contribution in [-0.2, 0) is 30.1 Å². The Kier molecular flexibility index (Phi) is 11.6. The van der Waals surface area contributed by atoms with Gasteiger partial charge in [0.15, 0.2) is 21.4 Å². The molecule has 23 heteroatoms. The number of fused-ring (bicyclic) bond motifs is 2. The number of halogens is 1. The Morgan fingerprint density at radius 1 is 0.783 bits per heavy atom. The van der Waals surface area contributed by atoms with E-state index in [1.54, 1.807) is 6.07 Å². The molecule has 5 aromatic rings. The number of amides is 1. The van der Waals surface area contributed by atoms with Crippen molar-refractivity contribution >= 4 is 99.5 Å². The fourth-order valence-electron chi connectivity index (χ4n) is 6.63. The standard InChI is InChI=1S/C37H33ClN8O11S3/c1-5-58(50,51)14-13-40-34(49)20-9-8-10-21(15-20)41-36-44-35(38)45-37(46-36)43-30-17(2)29(18(3)33(19(30)4)60(55,56)57)42-24-16-25(59(52,53)54)28(39)27-26(24)31(47)22-11-6-7-12-23(22)32(27)48/h5-12,15-16,42H,1,13-14,39H2,2-4H3,(H,40,49)(H,52,53,54)(H,55,56,57)(H2,41,43,44,45,46). The number of benzene rings is 4. The van der Waals surface area contributed by atoms with Gasteiger partial charge in [0.2, 0.25) is 17.2 Å². The molecule has 0 aliphatic heterocycles. The van der Waals surface area contributed by atoms with Gasteiger partial charge >= 0.3 is 0 Å². The molecule has 8 N–H and O–H groups in total. The molecule has 0 saturated heterocycles. The lowest BCUT2D eigenvalue weighted by Crippen LogP contribution is -2.28. The van der Waals surface area contributed by atoms with Crippen LogP contribution in [-0.4, -0.2) is 79.1 Å². The SMILES string of the molecule is C=CS(=O)(=O)CCNC(=O)c1cccc(Nc2nc(Cl)nc(Nc3c(C)c(Nc4cc(S(=O)(=O)O)c(N)c5c4C(=O)c4ccccc4C5=O)c(C)c(S(=O)(=O)O)c3C)n2)c1. The molecule has 60 heavy (non-hydrogen) atoms. The second-order valence-electron chi connectivity index (χ2n) is 13.2. The molecule has 0 fully saturated rings. The summed E-state index contributed by atoms with van der Waals surface area (Å²) in [5.41, 5.74) is 4.48. The number of ketones is 2. The van der Waals surface area contributed by atoms with E-state index in [2.05, 4.69) is 42.8 Å². The number of hydrogen-bond acceptors (Lipinski definition) is 16. The molecule has 0 radical (unpaired) electrons. The van der Waals surface area contributed by atoms with Crippen LogP contribution < -0.4 is 27.0 Å². The molecule has 1 amide bonds. The topological polar surface area (TPSA) is 307 Å². The van der Waals surface area contributed by atoms with Gasteiger partial charge in [0.1, 0.15) is 9.79 Å². The van der Waals surface area contributed by atoms with Gasteiger partial charge < -0.3 is 27.0 Å². The number of nitrogens with one attached hydrogen (secondary N) is 4. The van der Waals surface area contributed by atoms with Gasteiger partial charge in [-0.05, 0) is 73.3 Å². The van der Waals surface area contributed by atoms with Crippen LogP contribution in [0.4, 0.5) is 40.3 Å². The second kappa shape index (κ2) is 16.0. The Bertz CT molecular complexity index is 3050. The number of nitrogen functional groups attached to an aromatic ring is 1. The lowest BCUT2D eigenvalue weighted by molar-refractivity contribution is 0.0955. The maximum atomic E-state index is 14.0. The predicted molar refractivity (Wildman–Crippen MR) is 222 cm³/mol. The van der Waals surface area contributed by atoms with Crippen molar-refractivity contribution in [1.29, 1.82) is 0 Å². The van der Waals surface area contributed by atoms with Gasteiger partial charge in [0.25, 0.3) is 26.1 Å². The van der Waals surface area contributed by atoms with E-state index in [1.165, 1.54) is 63.2 Å². The first-order valence-corrected chi connectivity index (χ1v) is 22.2. The van der Waals surface area contributed by atoms with Crippen molar-refractivity contribution in [2.75, 3.05) is 34.0 Å². The van der Waals surface area contributed by atoms with E-state index in [0.29, 0.717) is 5.69 Å². The van der Waals surface area contributed by atoms with Gasteiger partial charge in [-0.3, -0.25) is 23.5 Å². The highest BCUT2D eigenvalue weighted by Gasteiger charge is 2.37. The fraction of sp³-hybridized carbons (Fsp3) is 0.135. The summed E-state index contributed by atoms with van der Waals surface area (Å²) in [6.45, 7) is 7.25. The van der Waals surface area contributed by atoms with Gasteiger partial charge in [-0.15, -0.1) is 0 Å². The molecule has 1 aliphatic rings. The van der Waals surface area contributed by atoms with Gasteiger partial charge in [0.05, 0.1) is 33.9 Å². The Hall–Kier alpha value is -6.30. The number of carbonyl (C=O) groups is 3. The number of aromatic nitrogens is 3. The van der Waals surface area contributed by atoms with E-state index < -0.39 is 68.6 Å². The van der Waals surface area contributed by atoms with Crippen LogP contribution in [0.5, 0.6) is 0 Å². The molecule has 6 rings (SSSR count). The molecule has 1 heterocycles. The number of rotatable bonds is 13. The van der Waals surface area contributed by atoms with Crippen molar-refractivity contribution in [2.24, 2.45) is 0 Å². The Balaban J connectivity index is 1.41. The number of nitrogens with two attached hydrogens (primary N) is 1. The summed E-state index contributed by atoms with van der Waals surface area (Å²) in [5.74, 6) is -2.89. The van der Waals surface area contributed by atoms with E-state index in [1.807, 2.05) is 0 Å². The Labute approximate surface area is 347 Å². The molecule has 0 spiro atoms. The predicted octanol–water partition coefficient (Wildman–Crippen LogP) is 4.82. The van der Waals surface area contributed by atoms with E-state index >= 15 is 0 Å². The van der Waals surface area contributed by atoms with Gasteiger partial charge in [-0.1, -0.05) is 36.9 Å². The molecule has 4 aromatic carbocycles. The zero-order chi connectivity index (χ0) is 44.1. The Morgan fingerprint density at radius 2 is 1.37 bits per heavy atom. The number of sulfone groups is 1. The van der Waals surface area contributed by atoms with E-state index in [4.69, 9.17) is 17.3 Å². The van der Waals surface area contributed by atoms with E-state index in [0.717, 1.165) is 11.5 Å². The summed E-state index contributed by atoms with van der Waals surface area (Å²) in [5, 5.41) is 11.6. The largest absolute Gasteiger partial charge is 0.397 e. The molecule has 0 unspecified atom stereocenters. The van der Waals surface area contributed by atoms with Crippen LogP contribution in [0.2, 0.25) is 5.28 Å². The lowest BCUT2D eigenvalue weighted by Gasteiger charge is -2.26. The summed E-state index contributed by atoms with van der Waals surface area (Å²) in [6, 6.07) is 12.6. The van der Waals surface area contributed by atoms with Crippen LogP contribution in [0.25, 0.3) is 0 Å². The van der Waals surface area contributed by atoms with Crippen LogP contribution in [0.3, 0.4) is 0 Å². The van der Waals surface area contributed by atoms with Crippen molar-refractivity contribution in [2.45, 2.75) is 30.6 Å². The molecule has 1 aliphatic carbocycles. The minimum atomic E-state index is -5.12. The van der Waals surface area contributed by atoms with Crippen LogP contribution in [0, 0.1) is 20.8 Å². The van der Waals surface area contributed by atoms with Crippen molar-refractivity contribution in [1.82, 2.24) is 20.3 Å². The van der Waals surface area contributed by atoms with Gasteiger partial charge in [0, 0.05) is 40.0 Å². The normalized spacial score (nSPS) is 12.6. The smallest absolute Gasteiger partial charge is 0.296 e. The zero-order valence-electron chi connectivity index (χ0n) is 31.5. The first kappa shape index (κ1) is 43.3. The number of nitrogens with zero attached hydrogens (tertiary/aromatic N) is 3. The summed E-state index contributed by atoms with van der Waals surface area (Å²) < 4.78 is 94.9. The van der Waals surface area contributed by atoms with E-state index in [9.17, 15) is 48.7 Å². The third kappa shape index (κ3) is 8.55. The minimum Gasteiger partial charge on any atom is -0.397 e. The first-order valence-electron chi connectivity index (χ1n) is 17.2. The first-order chi connectivity index (χ1) is 28.0. The van der Waals surface area contributed by atoms with Crippen molar-refractivity contribution in [3.63, 3.8) is 0 Å². The van der Waals surface area contributed by atoms with Crippen molar-refractivity contribution in [3.8, 4) is 0 Å². The summed E-state index contributed by atoms with van der Waals surface area (Å²) in [6.07, 6.45) is 0. The molecule has 0 saturated carbocycles.